The summed E-state index contributed by atoms with van der Waals surface area (Å²) < 4.78 is 44.0. The molecule has 0 aliphatic carbocycles. The van der Waals surface area contributed by atoms with E-state index in [2.05, 4.69) is 0 Å². The van der Waals surface area contributed by atoms with Crippen molar-refractivity contribution in [2.24, 2.45) is 0 Å². The fourth-order valence-electron chi connectivity index (χ4n) is 1.82. The summed E-state index contributed by atoms with van der Waals surface area (Å²) in [5.74, 6) is -1.35. The van der Waals surface area contributed by atoms with E-state index in [4.69, 9.17) is 9.84 Å². The van der Waals surface area contributed by atoms with Crippen molar-refractivity contribution in [2.75, 3.05) is 6.54 Å². The normalized spacial score (nSPS) is 11.9. The summed E-state index contributed by atoms with van der Waals surface area (Å²) in [6.45, 7) is 3.45. The number of aliphatic carboxylic acids is 1. The molecule has 0 aromatic heterocycles. The van der Waals surface area contributed by atoms with Gasteiger partial charge in [0.05, 0.1) is 12.1 Å². The molecule has 1 aromatic carbocycles. The van der Waals surface area contributed by atoms with Gasteiger partial charge < -0.3 is 9.84 Å². The van der Waals surface area contributed by atoms with Crippen molar-refractivity contribution < 1.29 is 32.6 Å². The molecule has 0 spiro atoms. The molecule has 0 heterocycles. The van der Waals surface area contributed by atoms with Gasteiger partial charge in [-0.3, -0.25) is 9.69 Å². The maximum atomic E-state index is 13.0. The standard InChI is InChI=1S/C15H18F3NO4/c1-14(2,3)23-13(22)19(9-12(20)21)8-10-6-4-5-7-11(10)15(16,17)18/h4-7H,8-9H2,1-3H3,(H,20,21). The van der Waals surface area contributed by atoms with E-state index >= 15 is 0 Å². The van der Waals surface area contributed by atoms with Crippen molar-refractivity contribution in [3.8, 4) is 0 Å². The second-order valence-electron chi connectivity index (χ2n) is 5.89. The van der Waals surface area contributed by atoms with Gasteiger partial charge in [0.15, 0.2) is 0 Å². The molecule has 5 nitrogen and oxygen atoms in total. The van der Waals surface area contributed by atoms with Crippen LogP contribution in [0, 0.1) is 0 Å². The van der Waals surface area contributed by atoms with Crippen LogP contribution in [0.5, 0.6) is 0 Å². The minimum absolute atomic E-state index is 0.202. The molecule has 1 N–H and O–H groups in total. The van der Waals surface area contributed by atoms with Crippen molar-refractivity contribution in [3.63, 3.8) is 0 Å². The fraction of sp³-hybridized carbons (Fsp3) is 0.467. The van der Waals surface area contributed by atoms with E-state index in [1.54, 1.807) is 20.8 Å². The quantitative estimate of drug-likeness (QED) is 0.915. The fourth-order valence-corrected chi connectivity index (χ4v) is 1.82. The number of benzene rings is 1. The maximum absolute atomic E-state index is 13.0. The Morgan fingerprint density at radius 1 is 1.17 bits per heavy atom. The topological polar surface area (TPSA) is 66.8 Å². The van der Waals surface area contributed by atoms with E-state index in [-0.39, 0.29) is 5.56 Å². The van der Waals surface area contributed by atoms with Crippen LogP contribution in [0.4, 0.5) is 18.0 Å². The zero-order valence-corrected chi connectivity index (χ0v) is 13.0. The second kappa shape index (κ2) is 6.89. The lowest BCUT2D eigenvalue weighted by Gasteiger charge is -2.27. The van der Waals surface area contributed by atoms with Crippen molar-refractivity contribution in [1.29, 1.82) is 0 Å². The Hall–Kier alpha value is -2.25. The van der Waals surface area contributed by atoms with Crippen LogP contribution in [0.1, 0.15) is 31.9 Å². The number of hydrogen-bond acceptors (Lipinski definition) is 3. The maximum Gasteiger partial charge on any atom is 0.416 e. The van der Waals surface area contributed by atoms with E-state index in [1.165, 1.54) is 18.2 Å². The molecule has 1 aromatic rings. The van der Waals surface area contributed by atoms with Crippen molar-refractivity contribution in [3.05, 3.63) is 35.4 Å². The Morgan fingerprint density at radius 2 is 1.74 bits per heavy atom. The SMILES string of the molecule is CC(C)(C)OC(=O)N(CC(=O)O)Cc1ccccc1C(F)(F)F. The number of rotatable bonds is 4. The lowest BCUT2D eigenvalue weighted by Crippen LogP contribution is -2.39. The zero-order valence-electron chi connectivity index (χ0n) is 13.0. The van der Waals surface area contributed by atoms with Crippen LogP contribution in [0.15, 0.2) is 24.3 Å². The summed E-state index contributed by atoms with van der Waals surface area (Å²) in [4.78, 5) is 23.6. The summed E-state index contributed by atoms with van der Waals surface area (Å²) in [5.41, 5.74) is -2.01. The molecule has 1 amide bonds. The van der Waals surface area contributed by atoms with Gasteiger partial charge in [-0.2, -0.15) is 13.2 Å². The third-order valence-electron chi connectivity index (χ3n) is 2.66. The molecule has 0 radical (unpaired) electrons. The third-order valence-corrected chi connectivity index (χ3v) is 2.66. The van der Waals surface area contributed by atoms with Gasteiger partial charge in [-0.25, -0.2) is 4.79 Å². The molecular formula is C15H18F3NO4. The predicted molar refractivity (Wildman–Crippen MR) is 75.7 cm³/mol. The van der Waals surface area contributed by atoms with E-state index < -0.39 is 42.5 Å². The van der Waals surface area contributed by atoms with Gasteiger partial charge in [0.25, 0.3) is 0 Å². The highest BCUT2D eigenvalue weighted by Gasteiger charge is 2.34. The average molecular weight is 333 g/mol. The predicted octanol–water partition coefficient (Wildman–Crippen LogP) is 3.53. The number of carbonyl (C=O) groups excluding carboxylic acids is 1. The Labute approximate surface area is 131 Å². The van der Waals surface area contributed by atoms with Gasteiger partial charge in [-0.05, 0) is 32.4 Å². The van der Waals surface area contributed by atoms with E-state index in [0.29, 0.717) is 0 Å². The Morgan fingerprint density at radius 3 is 2.22 bits per heavy atom. The van der Waals surface area contributed by atoms with Gasteiger partial charge >= 0.3 is 18.2 Å². The second-order valence-corrected chi connectivity index (χ2v) is 5.89. The number of amides is 1. The lowest BCUT2D eigenvalue weighted by molar-refractivity contribution is -0.139. The van der Waals surface area contributed by atoms with Crippen LogP contribution >= 0.6 is 0 Å². The number of alkyl halides is 3. The molecule has 0 bridgehead atoms. The van der Waals surface area contributed by atoms with Crippen LogP contribution in [0.25, 0.3) is 0 Å². The van der Waals surface area contributed by atoms with E-state index in [1.807, 2.05) is 0 Å². The molecule has 1 rings (SSSR count). The highest BCUT2D eigenvalue weighted by molar-refractivity contribution is 5.77. The van der Waals surface area contributed by atoms with Crippen molar-refractivity contribution in [2.45, 2.75) is 39.1 Å². The lowest BCUT2D eigenvalue weighted by atomic mass is 10.1. The number of carboxylic acid groups (broad SMARTS) is 1. The largest absolute Gasteiger partial charge is 0.480 e. The van der Waals surface area contributed by atoms with Crippen LogP contribution in [0.3, 0.4) is 0 Å². The molecule has 0 aliphatic heterocycles. The highest BCUT2D eigenvalue weighted by atomic mass is 19.4. The van der Waals surface area contributed by atoms with Gasteiger partial charge in [-0.1, -0.05) is 18.2 Å². The Bertz CT molecular complexity index is 579. The summed E-state index contributed by atoms with van der Waals surface area (Å²) in [7, 11) is 0. The summed E-state index contributed by atoms with van der Waals surface area (Å²) >= 11 is 0. The molecular weight excluding hydrogens is 315 g/mol. The minimum atomic E-state index is -4.60. The van der Waals surface area contributed by atoms with Gasteiger partial charge in [0.2, 0.25) is 0 Å². The molecule has 0 atom stereocenters. The molecule has 0 aliphatic rings. The van der Waals surface area contributed by atoms with Gasteiger partial charge in [-0.15, -0.1) is 0 Å². The molecule has 0 fully saturated rings. The number of ether oxygens (including phenoxy) is 1. The molecule has 8 heteroatoms. The molecule has 23 heavy (non-hydrogen) atoms. The summed E-state index contributed by atoms with van der Waals surface area (Å²) in [6.07, 6.45) is -5.59. The average Bonchev–Trinajstić information content (AvgIpc) is 2.34. The summed E-state index contributed by atoms with van der Waals surface area (Å²) in [6, 6.07) is 4.69. The number of halogens is 3. The number of nitrogens with zero attached hydrogens (tertiary/aromatic N) is 1. The molecule has 128 valence electrons. The molecule has 0 saturated carbocycles. The van der Waals surface area contributed by atoms with E-state index in [9.17, 15) is 22.8 Å². The van der Waals surface area contributed by atoms with Crippen LogP contribution in [-0.4, -0.2) is 34.2 Å². The number of carbonyl (C=O) groups is 2. The van der Waals surface area contributed by atoms with Crippen molar-refractivity contribution >= 4 is 12.1 Å². The number of carboxylic acids is 1. The molecule has 0 saturated heterocycles. The minimum Gasteiger partial charge on any atom is -0.480 e. The highest BCUT2D eigenvalue weighted by Crippen LogP contribution is 2.32. The first kappa shape index (κ1) is 18.8. The van der Waals surface area contributed by atoms with Crippen LogP contribution < -0.4 is 0 Å². The third kappa shape index (κ3) is 6.17. The smallest absolute Gasteiger partial charge is 0.416 e. The Balaban J connectivity index is 3.08. The number of hydrogen-bond donors (Lipinski definition) is 1. The van der Waals surface area contributed by atoms with Gasteiger partial charge in [0.1, 0.15) is 12.1 Å². The monoisotopic (exact) mass is 333 g/mol. The van der Waals surface area contributed by atoms with Gasteiger partial charge in [0, 0.05) is 0 Å². The Kier molecular flexibility index (Phi) is 5.63. The van der Waals surface area contributed by atoms with Crippen molar-refractivity contribution in [1.82, 2.24) is 4.90 Å². The van der Waals surface area contributed by atoms with E-state index in [0.717, 1.165) is 11.0 Å². The summed E-state index contributed by atoms with van der Waals surface area (Å²) in [5, 5.41) is 8.87. The first-order valence-corrected chi connectivity index (χ1v) is 6.75. The zero-order chi connectivity index (χ0) is 17.8. The van der Waals surface area contributed by atoms with Crippen LogP contribution in [-0.2, 0) is 22.3 Å². The first-order chi connectivity index (χ1) is 10.4. The molecule has 0 unspecified atom stereocenters. The van der Waals surface area contributed by atoms with Crippen LogP contribution in [0.2, 0.25) is 0 Å². The first-order valence-electron chi connectivity index (χ1n) is 6.75.